The third-order valence-electron chi connectivity index (χ3n) is 2.99. The number of hydrogen-bond acceptors (Lipinski definition) is 5. The molecule has 1 aliphatic heterocycles. The van der Waals surface area contributed by atoms with E-state index in [-0.39, 0.29) is 18.1 Å². The molecule has 1 heterocycles. The van der Waals surface area contributed by atoms with E-state index in [0.717, 1.165) is 12.2 Å². The van der Waals surface area contributed by atoms with Gasteiger partial charge in [0.1, 0.15) is 0 Å². The highest BCUT2D eigenvalue weighted by Crippen LogP contribution is 2.16. The maximum atomic E-state index is 11.7. The van der Waals surface area contributed by atoms with Gasteiger partial charge in [0.05, 0.1) is 13.2 Å². The SMILES string of the molecule is CCOC(=O)C(=O)c1ccc(N2CCNC(=O)C2)cc1. The molecule has 20 heavy (non-hydrogen) atoms. The fourth-order valence-corrected chi connectivity index (χ4v) is 2.00. The molecule has 1 N–H and O–H groups in total. The monoisotopic (exact) mass is 276 g/mol. The van der Waals surface area contributed by atoms with Crippen molar-refractivity contribution in [2.75, 3.05) is 31.1 Å². The Balaban J connectivity index is 2.08. The molecule has 0 bridgehead atoms. The summed E-state index contributed by atoms with van der Waals surface area (Å²) in [6.45, 7) is 3.44. The van der Waals surface area contributed by atoms with Crippen molar-refractivity contribution >= 4 is 23.3 Å². The number of carbonyl (C=O) groups is 3. The summed E-state index contributed by atoms with van der Waals surface area (Å²) in [5.41, 5.74) is 1.13. The van der Waals surface area contributed by atoms with E-state index < -0.39 is 11.8 Å². The van der Waals surface area contributed by atoms with Crippen LogP contribution in [0, 0.1) is 0 Å². The number of carbonyl (C=O) groups excluding carboxylic acids is 3. The van der Waals surface area contributed by atoms with Crippen molar-refractivity contribution in [1.29, 1.82) is 0 Å². The Morgan fingerprint density at radius 1 is 1.30 bits per heavy atom. The molecule has 106 valence electrons. The van der Waals surface area contributed by atoms with Crippen LogP contribution in [0.5, 0.6) is 0 Å². The second kappa shape index (κ2) is 6.18. The molecule has 1 saturated heterocycles. The Morgan fingerprint density at radius 2 is 2.00 bits per heavy atom. The van der Waals surface area contributed by atoms with Crippen LogP contribution in [-0.4, -0.2) is 43.9 Å². The minimum absolute atomic E-state index is 0.0251. The van der Waals surface area contributed by atoms with Gasteiger partial charge in [-0.15, -0.1) is 0 Å². The van der Waals surface area contributed by atoms with Gasteiger partial charge in [-0.1, -0.05) is 0 Å². The van der Waals surface area contributed by atoms with Crippen molar-refractivity contribution in [3.63, 3.8) is 0 Å². The highest BCUT2D eigenvalue weighted by Gasteiger charge is 2.19. The van der Waals surface area contributed by atoms with Gasteiger partial charge >= 0.3 is 5.97 Å². The third kappa shape index (κ3) is 3.14. The lowest BCUT2D eigenvalue weighted by atomic mass is 10.1. The Kier molecular flexibility index (Phi) is 4.34. The van der Waals surface area contributed by atoms with Gasteiger partial charge in [0.25, 0.3) is 5.78 Å². The number of piperazine rings is 1. The Morgan fingerprint density at radius 3 is 2.60 bits per heavy atom. The van der Waals surface area contributed by atoms with Crippen LogP contribution < -0.4 is 10.2 Å². The second-order valence-corrected chi connectivity index (χ2v) is 4.37. The molecular weight excluding hydrogens is 260 g/mol. The molecule has 1 aromatic rings. The lowest BCUT2D eigenvalue weighted by Crippen LogP contribution is -2.47. The quantitative estimate of drug-likeness (QED) is 0.488. The highest BCUT2D eigenvalue weighted by atomic mass is 16.5. The van der Waals surface area contributed by atoms with E-state index in [1.54, 1.807) is 31.2 Å². The van der Waals surface area contributed by atoms with E-state index in [0.29, 0.717) is 13.1 Å². The van der Waals surface area contributed by atoms with Crippen LogP contribution in [0.2, 0.25) is 0 Å². The largest absolute Gasteiger partial charge is 0.460 e. The summed E-state index contributed by atoms with van der Waals surface area (Å²) >= 11 is 0. The van der Waals surface area contributed by atoms with Crippen LogP contribution in [0.3, 0.4) is 0 Å². The Bertz CT molecular complexity index is 524. The molecule has 1 fully saturated rings. The zero-order valence-electron chi connectivity index (χ0n) is 11.2. The topological polar surface area (TPSA) is 75.7 Å². The van der Waals surface area contributed by atoms with Gasteiger partial charge in [0, 0.05) is 24.3 Å². The van der Waals surface area contributed by atoms with Crippen molar-refractivity contribution in [2.24, 2.45) is 0 Å². The van der Waals surface area contributed by atoms with Crippen LogP contribution >= 0.6 is 0 Å². The summed E-state index contributed by atoms with van der Waals surface area (Å²) < 4.78 is 4.67. The predicted molar refractivity (Wildman–Crippen MR) is 72.6 cm³/mol. The van der Waals surface area contributed by atoms with Crippen LogP contribution in [0.1, 0.15) is 17.3 Å². The summed E-state index contributed by atoms with van der Waals surface area (Å²) in [6.07, 6.45) is 0. The highest BCUT2D eigenvalue weighted by molar-refractivity contribution is 6.40. The van der Waals surface area contributed by atoms with Crippen LogP contribution in [0.4, 0.5) is 5.69 Å². The van der Waals surface area contributed by atoms with Gasteiger partial charge in [-0.25, -0.2) is 4.79 Å². The first-order valence-electron chi connectivity index (χ1n) is 6.45. The van der Waals surface area contributed by atoms with E-state index in [9.17, 15) is 14.4 Å². The number of benzene rings is 1. The number of nitrogens with zero attached hydrogens (tertiary/aromatic N) is 1. The van der Waals surface area contributed by atoms with Gasteiger partial charge < -0.3 is 15.0 Å². The van der Waals surface area contributed by atoms with E-state index in [2.05, 4.69) is 10.1 Å². The zero-order chi connectivity index (χ0) is 14.5. The van der Waals surface area contributed by atoms with E-state index in [1.165, 1.54) is 0 Å². The summed E-state index contributed by atoms with van der Waals surface area (Å²) in [6, 6.07) is 6.60. The zero-order valence-corrected chi connectivity index (χ0v) is 11.2. The molecule has 0 aliphatic carbocycles. The molecule has 0 atom stereocenters. The standard InChI is InChI=1S/C14H16N2O4/c1-2-20-14(19)13(18)10-3-5-11(6-4-10)16-8-7-15-12(17)9-16/h3-6H,2,7-9H2,1H3,(H,15,17). The maximum Gasteiger partial charge on any atom is 0.379 e. The number of nitrogens with one attached hydrogen (secondary N) is 1. The maximum absolute atomic E-state index is 11.7. The molecule has 6 heteroatoms. The second-order valence-electron chi connectivity index (χ2n) is 4.37. The summed E-state index contributed by atoms with van der Waals surface area (Å²) in [5, 5.41) is 2.74. The smallest absolute Gasteiger partial charge is 0.379 e. The fraction of sp³-hybridized carbons (Fsp3) is 0.357. The van der Waals surface area contributed by atoms with E-state index >= 15 is 0 Å². The first kappa shape index (κ1) is 14.0. The first-order chi connectivity index (χ1) is 9.61. The van der Waals surface area contributed by atoms with Crippen LogP contribution in [-0.2, 0) is 14.3 Å². The lowest BCUT2D eigenvalue weighted by Gasteiger charge is -2.28. The minimum atomic E-state index is -0.849. The number of anilines is 1. The molecule has 1 aromatic carbocycles. The Labute approximate surface area is 116 Å². The van der Waals surface area contributed by atoms with Crippen molar-refractivity contribution < 1.29 is 19.1 Å². The van der Waals surface area contributed by atoms with Gasteiger partial charge in [-0.3, -0.25) is 9.59 Å². The average Bonchev–Trinajstić information content (AvgIpc) is 2.47. The molecular formula is C14H16N2O4. The molecule has 0 aromatic heterocycles. The predicted octanol–water partition coefficient (Wildman–Crippen LogP) is 0.369. The molecule has 0 unspecified atom stereocenters. The van der Waals surface area contributed by atoms with Crippen molar-refractivity contribution in [2.45, 2.75) is 6.92 Å². The van der Waals surface area contributed by atoms with Gasteiger partial charge in [0.2, 0.25) is 5.91 Å². The van der Waals surface area contributed by atoms with Crippen LogP contribution in [0.25, 0.3) is 0 Å². The van der Waals surface area contributed by atoms with Crippen molar-refractivity contribution in [3.8, 4) is 0 Å². The number of rotatable bonds is 4. The normalized spacial score (nSPS) is 14.7. The van der Waals surface area contributed by atoms with Gasteiger partial charge in [0.15, 0.2) is 0 Å². The number of amides is 1. The Hall–Kier alpha value is -2.37. The van der Waals surface area contributed by atoms with Gasteiger partial charge in [-0.05, 0) is 31.2 Å². The summed E-state index contributed by atoms with van der Waals surface area (Å²) in [7, 11) is 0. The van der Waals surface area contributed by atoms with Crippen LogP contribution in [0.15, 0.2) is 24.3 Å². The molecule has 1 aliphatic rings. The molecule has 0 saturated carbocycles. The van der Waals surface area contributed by atoms with Crippen molar-refractivity contribution in [1.82, 2.24) is 5.32 Å². The van der Waals surface area contributed by atoms with E-state index in [1.807, 2.05) is 4.90 Å². The number of Topliss-reactive ketones (excluding diaryl/α,β-unsaturated/α-hetero) is 1. The number of ketones is 1. The molecule has 1 amide bonds. The third-order valence-corrected chi connectivity index (χ3v) is 2.99. The van der Waals surface area contributed by atoms with Gasteiger partial charge in [-0.2, -0.15) is 0 Å². The lowest BCUT2D eigenvalue weighted by molar-refractivity contribution is -0.137. The average molecular weight is 276 g/mol. The summed E-state index contributed by atoms with van der Waals surface area (Å²) in [4.78, 5) is 36.3. The van der Waals surface area contributed by atoms with E-state index in [4.69, 9.17) is 0 Å². The number of ether oxygens (including phenoxy) is 1. The number of hydrogen-bond donors (Lipinski definition) is 1. The number of esters is 1. The molecule has 6 nitrogen and oxygen atoms in total. The molecule has 0 radical (unpaired) electrons. The molecule has 0 spiro atoms. The minimum Gasteiger partial charge on any atom is -0.460 e. The van der Waals surface area contributed by atoms with Crippen molar-refractivity contribution in [3.05, 3.63) is 29.8 Å². The summed E-state index contributed by atoms with van der Waals surface area (Å²) in [5.74, 6) is -1.53. The molecule has 2 rings (SSSR count). The first-order valence-corrected chi connectivity index (χ1v) is 6.45. The fourth-order valence-electron chi connectivity index (χ4n) is 2.00.